The predicted octanol–water partition coefficient (Wildman–Crippen LogP) is 1.26. The van der Waals surface area contributed by atoms with Gasteiger partial charge in [-0.1, -0.05) is 12.1 Å². The van der Waals surface area contributed by atoms with Gasteiger partial charge in [-0.3, -0.25) is 10.1 Å². The van der Waals surface area contributed by atoms with Crippen LogP contribution in [0.3, 0.4) is 0 Å². The average molecular weight is 242 g/mol. The van der Waals surface area contributed by atoms with Gasteiger partial charge in [0.15, 0.2) is 6.23 Å². The minimum Gasteiger partial charge on any atom is -0.508 e. The maximum absolute atomic E-state index is 11.9. The number of ether oxygens (including phenoxy) is 1. The van der Waals surface area contributed by atoms with Crippen LogP contribution in [0.5, 0.6) is 5.75 Å². The minimum atomic E-state index is -0.596. The van der Waals surface area contributed by atoms with Gasteiger partial charge in [0.2, 0.25) is 5.78 Å². The molecule has 4 nitrogen and oxygen atoms in total. The molecule has 0 saturated carbocycles. The fourth-order valence-electron chi connectivity index (χ4n) is 1.58. The number of Topliss-reactive ketones (excluding diaryl/α,β-unsaturated/α-hetero) is 1. The first-order chi connectivity index (χ1) is 7.72. The molecule has 0 amide bonds. The molecule has 1 saturated heterocycles. The van der Waals surface area contributed by atoms with Crippen molar-refractivity contribution < 1.29 is 14.6 Å². The standard InChI is InChI=1S/C11H12ClNO3/c12-6-8-2-1-7(5-9(8)14)10(15)11-13-3-4-16-11/h1-2,5,11,13-14H,3-4,6H2. The molecule has 1 heterocycles. The maximum Gasteiger partial charge on any atom is 0.206 e. The molecule has 0 aromatic heterocycles. The van der Waals surface area contributed by atoms with Crippen LogP contribution in [0.15, 0.2) is 18.2 Å². The summed E-state index contributed by atoms with van der Waals surface area (Å²) in [5.74, 6) is 0.0890. The van der Waals surface area contributed by atoms with Crippen LogP contribution in [0.1, 0.15) is 15.9 Å². The Bertz CT molecular complexity index is 402. The van der Waals surface area contributed by atoms with Gasteiger partial charge in [0.25, 0.3) is 0 Å². The second-order valence-corrected chi connectivity index (χ2v) is 3.81. The zero-order chi connectivity index (χ0) is 11.5. The summed E-state index contributed by atoms with van der Waals surface area (Å²) in [7, 11) is 0. The van der Waals surface area contributed by atoms with Crippen molar-refractivity contribution in [3.8, 4) is 5.75 Å². The lowest BCUT2D eigenvalue weighted by Crippen LogP contribution is -2.31. The van der Waals surface area contributed by atoms with Gasteiger partial charge < -0.3 is 9.84 Å². The molecule has 1 aliphatic heterocycles. The van der Waals surface area contributed by atoms with Crippen LogP contribution in [0.2, 0.25) is 0 Å². The van der Waals surface area contributed by atoms with Crippen molar-refractivity contribution in [1.29, 1.82) is 0 Å². The molecule has 2 N–H and O–H groups in total. The van der Waals surface area contributed by atoms with E-state index in [9.17, 15) is 9.90 Å². The molecular weight excluding hydrogens is 230 g/mol. The molecule has 1 aromatic rings. The average Bonchev–Trinajstić information content (AvgIpc) is 2.81. The first-order valence-corrected chi connectivity index (χ1v) is 5.53. The number of carbonyl (C=O) groups excluding carboxylic acids is 1. The molecule has 16 heavy (non-hydrogen) atoms. The monoisotopic (exact) mass is 241 g/mol. The molecule has 1 aliphatic rings. The largest absolute Gasteiger partial charge is 0.508 e. The SMILES string of the molecule is O=C(c1ccc(CCl)c(O)c1)C1NCCO1. The van der Waals surface area contributed by atoms with Crippen LogP contribution in [0.25, 0.3) is 0 Å². The van der Waals surface area contributed by atoms with Gasteiger partial charge in [-0.2, -0.15) is 0 Å². The van der Waals surface area contributed by atoms with Crippen LogP contribution in [-0.4, -0.2) is 30.3 Å². The number of phenols is 1. The van der Waals surface area contributed by atoms with Crippen LogP contribution in [-0.2, 0) is 10.6 Å². The Labute approximate surface area is 98.2 Å². The van der Waals surface area contributed by atoms with Crippen molar-refractivity contribution in [3.63, 3.8) is 0 Å². The molecule has 0 bridgehead atoms. The number of alkyl halides is 1. The zero-order valence-corrected chi connectivity index (χ0v) is 9.33. The number of phenolic OH excluding ortho intramolecular Hbond substituents is 1. The second-order valence-electron chi connectivity index (χ2n) is 3.55. The second kappa shape index (κ2) is 4.82. The summed E-state index contributed by atoms with van der Waals surface area (Å²) >= 11 is 5.61. The van der Waals surface area contributed by atoms with Crippen LogP contribution < -0.4 is 5.32 Å². The van der Waals surface area contributed by atoms with E-state index in [0.29, 0.717) is 24.3 Å². The van der Waals surface area contributed by atoms with Crippen molar-refractivity contribution in [2.24, 2.45) is 0 Å². The van der Waals surface area contributed by atoms with E-state index in [1.807, 2.05) is 0 Å². The Hall–Kier alpha value is -1.10. The Balaban J connectivity index is 2.20. The number of benzene rings is 1. The Morgan fingerprint density at radius 3 is 3.00 bits per heavy atom. The third-order valence-corrected chi connectivity index (χ3v) is 2.76. The molecule has 5 heteroatoms. The van der Waals surface area contributed by atoms with Crippen LogP contribution in [0.4, 0.5) is 0 Å². The maximum atomic E-state index is 11.9. The lowest BCUT2D eigenvalue weighted by Gasteiger charge is -2.09. The van der Waals surface area contributed by atoms with Gasteiger partial charge in [-0.15, -0.1) is 11.6 Å². The van der Waals surface area contributed by atoms with E-state index < -0.39 is 6.23 Å². The highest BCUT2D eigenvalue weighted by molar-refractivity contribution is 6.17. The van der Waals surface area contributed by atoms with Crippen LogP contribution >= 0.6 is 11.6 Å². The van der Waals surface area contributed by atoms with Crippen molar-refractivity contribution >= 4 is 17.4 Å². The number of carbonyl (C=O) groups is 1. The highest BCUT2D eigenvalue weighted by atomic mass is 35.5. The lowest BCUT2D eigenvalue weighted by molar-refractivity contribution is 0.0605. The van der Waals surface area contributed by atoms with E-state index in [1.165, 1.54) is 6.07 Å². The summed E-state index contributed by atoms with van der Waals surface area (Å²) in [6.07, 6.45) is -0.596. The molecule has 0 radical (unpaired) electrons. The molecule has 0 spiro atoms. The normalized spacial score (nSPS) is 19.9. The minimum absolute atomic E-state index is 0.0406. The van der Waals surface area contributed by atoms with E-state index in [0.717, 1.165) is 0 Å². The molecule has 1 unspecified atom stereocenters. The van der Waals surface area contributed by atoms with Crippen LogP contribution in [0, 0.1) is 0 Å². The Morgan fingerprint density at radius 2 is 2.44 bits per heavy atom. The molecular formula is C11H12ClNO3. The first-order valence-electron chi connectivity index (χ1n) is 4.99. The van der Waals surface area contributed by atoms with Crippen molar-refractivity contribution in [2.45, 2.75) is 12.1 Å². The Morgan fingerprint density at radius 1 is 1.62 bits per heavy atom. The molecule has 0 aliphatic carbocycles. The van der Waals surface area contributed by atoms with Gasteiger partial charge in [0.05, 0.1) is 12.5 Å². The third-order valence-electron chi connectivity index (χ3n) is 2.47. The molecule has 1 atom stereocenters. The summed E-state index contributed by atoms with van der Waals surface area (Å²) in [4.78, 5) is 11.9. The number of halogens is 1. The van der Waals surface area contributed by atoms with Gasteiger partial charge in [0, 0.05) is 17.7 Å². The fraction of sp³-hybridized carbons (Fsp3) is 0.364. The number of hydrogen-bond acceptors (Lipinski definition) is 4. The summed E-state index contributed by atoms with van der Waals surface area (Å²) < 4.78 is 5.20. The van der Waals surface area contributed by atoms with Gasteiger partial charge >= 0.3 is 0 Å². The number of hydrogen-bond donors (Lipinski definition) is 2. The Kier molecular flexibility index (Phi) is 3.43. The highest BCUT2D eigenvalue weighted by Gasteiger charge is 2.24. The fourth-order valence-corrected chi connectivity index (χ4v) is 1.80. The number of aromatic hydroxyl groups is 1. The van der Waals surface area contributed by atoms with Gasteiger partial charge in [-0.05, 0) is 6.07 Å². The van der Waals surface area contributed by atoms with E-state index in [4.69, 9.17) is 16.3 Å². The number of nitrogens with one attached hydrogen (secondary N) is 1. The van der Waals surface area contributed by atoms with E-state index >= 15 is 0 Å². The third kappa shape index (κ3) is 2.19. The molecule has 86 valence electrons. The molecule has 1 fully saturated rings. The van der Waals surface area contributed by atoms with Crippen molar-refractivity contribution in [2.75, 3.05) is 13.2 Å². The number of rotatable bonds is 3. The summed E-state index contributed by atoms with van der Waals surface area (Å²) in [5.41, 5.74) is 1.03. The van der Waals surface area contributed by atoms with E-state index in [1.54, 1.807) is 12.1 Å². The summed E-state index contributed by atoms with van der Waals surface area (Å²) in [6, 6.07) is 4.71. The van der Waals surface area contributed by atoms with Crippen molar-refractivity contribution in [3.05, 3.63) is 29.3 Å². The predicted molar refractivity (Wildman–Crippen MR) is 59.7 cm³/mol. The van der Waals surface area contributed by atoms with E-state index in [2.05, 4.69) is 5.32 Å². The lowest BCUT2D eigenvalue weighted by atomic mass is 10.1. The quantitative estimate of drug-likeness (QED) is 0.618. The van der Waals surface area contributed by atoms with Gasteiger partial charge in [0.1, 0.15) is 5.75 Å². The number of ketones is 1. The van der Waals surface area contributed by atoms with E-state index in [-0.39, 0.29) is 17.4 Å². The smallest absolute Gasteiger partial charge is 0.206 e. The highest BCUT2D eigenvalue weighted by Crippen LogP contribution is 2.21. The topological polar surface area (TPSA) is 58.6 Å². The summed E-state index contributed by atoms with van der Waals surface area (Å²) in [6.45, 7) is 1.20. The molecule has 2 rings (SSSR count). The van der Waals surface area contributed by atoms with Crippen molar-refractivity contribution in [1.82, 2.24) is 5.32 Å². The molecule has 1 aromatic carbocycles. The van der Waals surface area contributed by atoms with Gasteiger partial charge in [-0.25, -0.2) is 0 Å². The summed E-state index contributed by atoms with van der Waals surface area (Å²) in [5, 5.41) is 12.5. The zero-order valence-electron chi connectivity index (χ0n) is 8.57. The first kappa shape index (κ1) is 11.4.